The van der Waals surface area contributed by atoms with Gasteiger partial charge >= 0.3 is 0 Å². The average molecular weight is 384 g/mol. The van der Waals surface area contributed by atoms with E-state index in [1.54, 1.807) is 18.2 Å². The smallest absolute Gasteiger partial charge is 0.258 e. The number of carbonyl (C=O) groups is 1. The molecule has 3 rings (SSSR count). The van der Waals surface area contributed by atoms with Crippen LogP contribution in [0.2, 0.25) is 5.02 Å². The number of hydrogen-bond acceptors (Lipinski definition) is 3. The van der Waals surface area contributed by atoms with E-state index >= 15 is 0 Å². The molecule has 2 aromatic carbocycles. The number of para-hydroxylation sites is 1. The molecule has 6 heteroatoms. The van der Waals surface area contributed by atoms with Crippen molar-refractivity contribution in [1.29, 1.82) is 0 Å². The van der Waals surface area contributed by atoms with E-state index in [1.165, 1.54) is 0 Å². The number of fused-ring (bicyclic) bond motifs is 1. The molecule has 3 aromatic rings. The third-order valence-electron chi connectivity index (χ3n) is 4.59. The predicted molar refractivity (Wildman–Crippen MR) is 110 cm³/mol. The molecule has 27 heavy (non-hydrogen) atoms. The highest BCUT2D eigenvalue weighted by Crippen LogP contribution is 2.29. The second-order valence-corrected chi connectivity index (χ2v) is 6.75. The van der Waals surface area contributed by atoms with Gasteiger partial charge in [-0.2, -0.15) is 0 Å². The van der Waals surface area contributed by atoms with Crippen molar-refractivity contribution in [1.82, 2.24) is 9.97 Å². The highest BCUT2D eigenvalue weighted by Gasteiger charge is 2.14. The zero-order chi connectivity index (χ0) is 19.4. The van der Waals surface area contributed by atoms with Crippen LogP contribution in [0.25, 0.3) is 10.9 Å². The van der Waals surface area contributed by atoms with E-state index in [4.69, 9.17) is 11.6 Å². The molecule has 2 N–H and O–H groups in total. The molecule has 0 saturated heterocycles. The van der Waals surface area contributed by atoms with E-state index in [-0.39, 0.29) is 17.9 Å². The van der Waals surface area contributed by atoms with E-state index in [1.807, 2.05) is 32.0 Å². The fourth-order valence-electron chi connectivity index (χ4n) is 3.15. The molecule has 5 nitrogen and oxygen atoms in total. The topological polar surface area (TPSA) is 74.8 Å². The summed E-state index contributed by atoms with van der Waals surface area (Å²) in [6.45, 7) is 4.06. The third kappa shape index (κ3) is 4.19. The first kappa shape index (κ1) is 19.1. The first-order chi connectivity index (χ1) is 13.0. The fraction of sp³-hybridized carbons (Fsp3) is 0.286. The van der Waals surface area contributed by atoms with E-state index in [9.17, 15) is 9.59 Å². The van der Waals surface area contributed by atoms with Crippen molar-refractivity contribution in [2.45, 2.75) is 39.5 Å². The minimum Gasteiger partial charge on any atom is -0.326 e. The van der Waals surface area contributed by atoms with Crippen LogP contribution in [0.4, 0.5) is 5.69 Å². The summed E-state index contributed by atoms with van der Waals surface area (Å²) in [5, 5.41) is 4.20. The van der Waals surface area contributed by atoms with Gasteiger partial charge in [0.05, 0.1) is 10.9 Å². The number of halogens is 1. The van der Waals surface area contributed by atoms with Crippen LogP contribution in [0.1, 0.15) is 37.2 Å². The summed E-state index contributed by atoms with van der Waals surface area (Å²) in [6.07, 6.45) is 2.12. The summed E-state index contributed by atoms with van der Waals surface area (Å²) in [5.74, 6) is 0.379. The number of H-pyrrole nitrogens is 1. The quantitative estimate of drug-likeness (QED) is 0.667. The molecular formula is C21H22ClN3O2. The molecule has 0 fully saturated rings. The summed E-state index contributed by atoms with van der Waals surface area (Å²) in [4.78, 5) is 31.8. The Hall–Kier alpha value is -2.66. The van der Waals surface area contributed by atoms with Gasteiger partial charge in [-0.3, -0.25) is 9.59 Å². The van der Waals surface area contributed by atoms with Crippen LogP contribution in [-0.2, 0) is 24.1 Å². The number of nitrogens with zero attached hydrogens (tertiary/aromatic N) is 1. The van der Waals surface area contributed by atoms with Crippen molar-refractivity contribution in [3.63, 3.8) is 0 Å². The van der Waals surface area contributed by atoms with Gasteiger partial charge in [-0.25, -0.2) is 4.98 Å². The molecule has 1 heterocycles. The molecule has 0 aliphatic carbocycles. The average Bonchev–Trinajstić information content (AvgIpc) is 2.67. The number of amides is 1. The number of aromatic amines is 1. The minimum atomic E-state index is -0.188. The normalized spacial score (nSPS) is 10.9. The van der Waals surface area contributed by atoms with Gasteiger partial charge in [-0.05, 0) is 42.2 Å². The number of benzene rings is 2. The van der Waals surface area contributed by atoms with Crippen LogP contribution in [0.3, 0.4) is 0 Å². The Morgan fingerprint density at radius 1 is 1.15 bits per heavy atom. The highest BCUT2D eigenvalue weighted by molar-refractivity contribution is 6.32. The lowest BCUT2D eigenvalue weighted by Gasteiger charge is -2.16. The van der Waals surface area contributed by atoms with Crippen LogP contribution in [-0.4, -0.2) is 15.9 Å². The number of carbonyl (C=O) groups excluding carboxylic acids is 1. The number of aromatic nitrogens is 2. The van der Waals surface area contributed by atoms with Crippen molar-refractivity contribution >= 4 is 34.1 Å². The van der Waals surface area contributed by atoms with Crippen molar-refractivity contribution < 1.29 is 4.79 Å². The summed E-state index contributed by atoms with van der Waals surface area (Å²) >= 11 is 6.29. The van der Waals surface area contributed by atoms with Gasteiger partial charge in [0.15, 0.2) is 0 Å². The second-order valence-electron chi connectivity index (χ2n) is 6.35. The first-order valence-corrected chi connectivity index (χ1v) is 9.49. The van der Waals surface area contributed by atoms with Crippen molar-refractivity contribution in [2.24, 2.45) is 0 Å². The standard InChI is InChI=1S/C21H22ClN3O2/c1-3-13-9-10-16(22)14(4-2)20(13)25-19(26)12-11-18-23-17-8-6-5-7-15(17)21(27)24-18/h5-10H,3-4,11-12H2,1-2H3,(H,25,26)(H,23,24,27). The van der Waals surface area contributed by atoms with Gasteiger partial charge in [0, 0.05) is 23.6 Å². The first-order valence-electron chi connectivity index (χ1n) is 9.11. The lowest BCUT2D eigenvalue weighted by molar-refractivity contribution is -0.116. The van der Waals surface area contributed by atoms with Gasteiger partial charge in [0.1, 0.15) is 5.82 Å². The van der Waals surface area contributed by atoms with Crippen molar-refractivity contribution in [2.75, 3.05) is 5.32 Å². The second kappa shape index (κ2) is 8.35. The van der Waals surface area contributed by atoms with Gasteiger partial charge in [0.25, 0.3) is 5.56 Å². The van der Waals surface area contributed by atoms with Crippen LogP contribution in [0, 0.1) is 0 Å². The molecule has 0 spiro atoms. The Kier molecular flexibility index (Phi) is 5.91. The molecule has 0 atom stereocenters. The number of nitrogens with one attached hydrogen (secondary N) is 2. The Balaban J connectivity index is 1.76. The fourth-order valence-corrected chi connectivity index (χ4v) is 3.45. The SMILES string of the molecule is CCc1ccc(Cl)c(CC)c1NC(=O)CCc1nc2ccccc2c(=O)[nH]1. The Morgan fingerprint density at radius 2 is 1.93 bits per heavy atom. The Bertz CT molecular complexity index is 1040. The molecule has 1 amide bonds. The predicted octanol–water partition coefficient (Wildman–Crippen LogP) is 4.27. The zero-order valence-corrected chi connectivity index (χ0v) is 16.2. The van der Waals surface area contributed by atoms with E-state index in [2.05, 4.69) is 15.3 Å². The van der Waals surface area contributed by atoms with Gasteiger partial charge < -0.3 is 10.3 Å². The lowest BCUT2D eigenvalue weighted by atomic mass is 10.0. The van der Waals surface area contributed by atoms with Gasteiger partial charge in [-0.1, -0.05) is 43.6 Å². The van der Waals surface area contributed by atoms with E-state index < -0.39 is 0 Å². The molecule has 0 aliphatic heterocycles. The number of hydrogen-bond donors (Lipinski definition) is 2. The minimum absolute atomic E-state index is 0.127. The van der Waals surface area contributed by atoms with E-state index in [0.717, 1.165) is 29.7 Å². The largest absolute Gasteiger partial charge is 0.326 e. The molecule has 0 unspecified atom stereocenters. The number of anilines is 1. The van der Waals surface area contributed by atoms with Crippen LogP contribution >= 0.6 is 11.6 Å². The molecular weight excluding hydrogens is 362 g/mol. The molecule has 0 bridgehead atoms. The monoisotopic (exact) mass is 383 g/mol. The third-order valence-corrected chi connectivity index (χ3v) is 4.95. The van der Waals surface area contributed by atoms with Gasteiger partial charge in [-0.15, -0.1) is 0 Å². The maximum Gasteiger partial charge on any atom is 0.258 e. The molecule has 0 aliphatic rings. The Labute approximate surface area is 162 Å². The molecule has 140 valence electrons. The van der Waals surface area contributed by atoms with Crippen molar-refractivity contribution in [3.05, 3.63) is 68.7 Å². The molecule has 1 aromatic heterocycles. The van der Waals surface area contributed by atoms with Crippen LogP contribution in [0.15, 0.2) is 41.2 Å². The number of aryl methyl sites for hydroxylation is 2. The number of rotatable bonds is 6. The van der Waals surface area contributed by atoms with Crippen LogP contribution < -0.4 is 10.9 Å². The van der Waals surface area contributed by atoms with Crippen molar-refractivity contribution in [3.8, 4) is 0 Å². The van der Waals surface area contributed by atoms with Gasteiger partial charge in [0.2, 0.25) is 5.91 Å². The van der Waals surface area contributed by atoms with Crippen LogP contribution in [0.5, 0.6) is 0 Å². The summed E-state index contributed by atoms with van der Waals surface area (Å²) in [6, 6.07) is 11.0. The summed E-state index contributed by atoms with van der Waals surface area (Å²) in [7, 11) is 0. The maximum atomic E-state index is 12.5. The maximum absolute atomic E-state index is 12.5. The molecule has 0 radical (unpaired) electrons. The zero-order valence-electron chi connectivity index (χ0n) is 15.4. The Morgan fingerprint density at radius 3 is 2.67 bits per heavy atom. The molecule has 0 saturated carbocycles. The summed E-state index contributed by atoms with van der Waals surface area (Å²) in [5.41, 5.74) is 3.25. The lowest BCUT2D eigenvalue weighted by Crippen LogP contribution is -2.17. The summed E-state index contributed by atoms with van der Waals surface area (Å²) < 4.78 is 0. The highest BCUT2D eigenvalue weighted by atomic mass is 35.5. The van der Waals surface area contributed by atoms with E-state index in [0.29, 0.717) is 28.2 Å².